The van der Waals surface area contributed by atoms with E-state index in [-0.39, 0.29) is 5.41 Å². The molecule has 1 aliphatic carbocycles. The van der Waals surface area contributed by atoms with E-state index in [9.17, 15) is 5.26 Å². The zero-order chi connectivity index (χ0) is 12.1. The molecule has 2 rings (SSSR count). The Hall–Kier alpha value is -0.550. The molecule has 0 aromatic carbocycles. The van der Waals surface area contributed by atoms with Crippen LogP contribution in [0.25, 0.3) is 0 Å². The van der Waals surface area contributed by atoms with Crippen LogP contribution >= 0.6 is 0 Å². The zero-order valence-electron chi connectivity index (χ0n) is 11.1. The Morgan fingerprint density at radius 3 is 2.88 bits per heavy atom. The third-order valence-electron chi connectivity index (χ3n) is 4.73. The van der Waals surface area contributed by atoms with Crippen molar-refractivity contribution in [2.75, 3.05) is 6.61 Å². The van der Waals surface area contributed by atoms with Crippen LogP contribution in [-0.4, -0.2) is 12.7 Å². The quantitative estimate of drug-likeness (QED) is 0.736. The second kappa shape index (κ2) is 5.87. The van der Waals surface area contributed by atoms with Crippen molar-refractivity contribution >= 4 is 0 Å². The summed E-state index contributed by atoms with van der Waals surface area (Å²) in [6.45, 7) is 3.19. The predicted molar refractivity (Wildman–Crippen MR) is 68.5 cm³/mol. The Labute approximate surface area is 105 Å². The summed E-state index contributed by atoms with van der Waals surface area (Å²) in [6, 6.07) is 2.65. The molecule has 0 bridgehead atoms. The highest BCUT2D eigenvalue weighted by atomic mass is 16.5. The van der Waals surface area contributed by atoms with Crippen molar-refractivity contribution in [1.29, 1.82) is 5.26 Å². The SMILES string of the molecule is CCC1CCCC(C#N)(CCC2CCCO2)C1. The average molecular weight is 235 g/mol. The molecule has 0 N–H and O–H groups in total. The van der Waals surface area contributed by atoms with E-state index in [1.165, 1.54) is 32.1 Å². The molecule has 0 radical (unpaired) electrons. The fourth-order valence-corrected chi connectivity index (χ4v) is 3.53. The van der Waals surface area contributed by atoms with Crippen LogP contribution in [0.3, 0.4) is 0 Å². The lowest BCUT2D eigenvalue weighted by Gasteiger charge is -2.36. The molecule has 1 saturated carbocycles. The topological polar surface area (TPSA) is 33.0 Å². The number of hydrogen-bond acceptors (Lipinski definition) is 2. The Bertz CT molecular complexity index is 277. The molecule has 3 unspecified atom stereocenters. The maximum Gasteiger partial charge on any atom is 0.0689 e. The van der Waals surface area contributed by atoms with Crippen LogP contribution in [0, 0.1) is 22.7 Å². The molecule has 1 saturated heterocycles. The molecule has 0 amide bonds. The summed E-state index contributed by atoms with van der Waals surface area (Å²) in [7, 11) is 0. The van der Waals surface area contributed by atoms with Crippen molar-refractivity contribution in [1.82, 2.24) is 0 Å². The van der Waals surface area contributed by atoms with Crippen LogP contribution in [0.15, 0.2) is 0 Å². The van der Waals surface area contributed by atoms with Gasteiger partial charge in [-0.3, -0.25) is 0 Å². The molecular weight excluding hydrogens is 210 g/mol. The fraction of sp³-hybridized carbons (Fsp3) is 0.933. The monoisotopic (exact) mass is 235 g/mol. The molecule has 2 nitrogen and oxygen atoms in total. The molecule has 3 atom stereocenters. The van der Waals surface area contributed by atoms with Crippen molar-refractivity contribution in [2.45, 2.75) is 70.8 Å². The van der Waals surface area contributed by atoms with Crippen LogP contribution in [0.4, 0.5) is 0 Å². The highest BCUT2D eigenvalue weighted by Gasteiger charge is 2.36. The van der Waals surface area contributed by atoms with Crippen molar-refractivity contribution in [3.63, 3.8) is 0 Å². The molecule has 96 valence electrons. The van der Waals surface area contributed by atoms with Gasteiger partial charge in [-0.1, -0.05) is 26.2 Å². The Kier molecular flexibility index (Phi) is 4.45. The first-order valence-corrected chi connectivity index (χ1v) is 7.31. The molecule has 1 aliphatic heterocycles. The van der Waals surface area contributed by atoms with Crippen LogP contribution in [0.2, 0.25) is 0 Å². The molecule has 17 heavy (non-hydrogen) atoms. The number of nitriles is 1. The van der Waals surface area contributed by atoms with Gasteiger partial charge >= 0.3 is 0 Å². The van der Waals surface area contributed by atoms with Gasteiger partial charge in [0, 0.05) is 6.61 Å². The molecule has 1 heterocycles. The Morgan fingerprint density at radius 1 is 1.35 bits per heavy atom. The van der Waals surface area contributed by atoms with Gasteiger partial charge in [-0.2, -0.15) is 5.26 Å². The van der Waals surface area contributed by atoms with Gasteiger partial charge in [0.2, 0.25) is 0 Å². The van der Waals surface area contributed by atoms with Crippen molar-refractivity contribution in [2.24, 2.45) is 11.3 Å². The van der Waals surface area contributed by atoms with E-state index in [2.05, 4.69) is 13.0 Å². The molecule has 2 heteroatoms. The molecule has 0 spiro atoms. The van der Waals surface area contributed by atoms with Crippen LogP contribution < -0.4 is 0 Å². The standard InChI is InChI=1S/C15H25NO/c1-2-13-5-3-8-15(11-13,12-16)9-7-14-6-4-10-17-14/h13-14H,2-11H2,1H3. The largest absolute Gasteiger partial charge is 0.378 e. The van der Waals surface area contributed by atoms with Crippen LogP contribution in [0.1, 0.15) is 64.7 Å². The molecule has 2 fully saturated rings. The van der Waals surface area contributed by atoms with Gasteiger partial charge in [-0.15, -0.1) is 0 Å². The Balaban J connectivity index is 1.87. The summed E-state index contributed by atoms with van der Waals surface area (Å²) >= 11 is 0. The second-order valence-corrected chi connectivity index (χ2v) is 5.94. The molecule has 0 aromatic rings. The summed E-state index contributed by atoms with van der Waals surface area (Å²) in [4.78, 5) is 0. The first kappa shape index (κ1) is 12.9. The van der Waals surface area contributed by atoms with Gasteiger partial charge in [-0.05, 0) is 44.4 Å². The average Bonchev–Trinajstić information content (AvgIpc) is 2.90. The normalized spacial score (nSPS) is 37.9. The van der Waals surface area contributed by atoms with E-state index in [0.29, 0.717) is 6.10 Å². The first-order valence-electron chi connectivity index (χ1n) is 7.31. The van der Waals surface area contributed by atoms with Crippen LogP contribution in [-0.2, 0) is 4.74 Å². The highest BCUT2D eigenvalue weighted by Crippen LogP contribution is 2.44. The van der Waals surface area contributed by atoms with E-state index in [0.717, 1.165) is 38.2 Å². The van der Waals surface area contributed by atoms with Gasteiger partial charge in [0.25, 0.3) is 0 Å². The van der Waals surface area contributed by atoms with Gasteiger partial charge < -0.3 is 4.74 Å². The van der Waals surface area contributed by atoms with Crippen molar-refractivity contribution in [3.05, 3.63) is 0 Å². The summed E-state index contributed by atoms with van der Waals surface area (Å²) in [6.07, 6.45) is 11.1. The minimum atomic E-state index is -0.0229. The third-order valence-corrected chi connectivity index (χ3v) is 4.73. The van der Waals surface area contributed by atoms with Gasteiger partial charge in [0.1, 0.15) is 0 Å². The molecule has 0 aromatic heterocycles. The van der Waals surface area contributed by atoms with Crippen LogP contribution in [0.5, 0.6) is 0 Å². The maximum absolute atomic E-state index is 9.54. The van der Waals surface area contributed by atoms with Crippen molar-refractivity contribution in [3.8, 4) is 6.07 Å². The predicted octanol–water partition coefficient (Wildman–Crippen LogP) is 4.06. The summed E-state index contributed by atoms with van der Waals surface area (Å²) in [5.74, 6) is 0.785. The van der Waals surface area contributed by atoms with E-state index >= 15 is 0 Å². The molecular formula is C15H25NO. The van der Waals surface area contributed by atoms with E-state index in [4.69, 9.17) is 4.74 Å². The maximum atomic E-state index is 9.54. The number of hydrogen-bond donors (Lipinski definition) is 0. The summed E-state index contributed by atoms with van der Waals surface area (Å²) in [5.41, 5.74) is -0.0229. The van der Waals surface area contributed by atoms with E-state index in [1.54, 1.807) is 0 Å². The molecule has 2 aliphatic rings. The van der Waals surface area contributed by atoms with Gasteiger partial charge in [0.15, 0.2) is 0 Å². The zero-order valence-corrected chi connectivity index (χ0v) is 11.1. The van der Waals surface area contributed by atoms with Gasteiger partial charge in [-0.25, -0.2) is 0 Å². The summed E-state index contributed by atoms with van der Waals surface area (Å²) < 4.78 is 5.68. The van der Waals surface area contributed by atoms with E-state index < -0.39 is 0 Å². The number of rotatable bonds is 4. The Morgan fingerprint density at radius 2 is 2.24 bits per heavy atom. The summed E-state index contributed by atoms with van der Waals surface area (Å²) in [5, 5.41) is 9.54. The minimum absolute atomic E-state index is 0.0229. The lowest BCUT2D eigenvalue weighted by molar-refractivity contribution is 0.0832. The first-order chi connectivity index (χ1) is 8.28. The fourth-order valence-electron chi connectivity index (χ4n) is 3.53. The number of nitrogens with zero attached hydrogens (tertiary/aromatic N) is 1. The smallest absolute Gasteiger partial charge is 0.0689 e. The minimum Gasteiger partial charge on any atom is -0.378 e. The highest BCUT2D eigenvalue weighted by molar-refractivity contribution is 5.02. The van der Waals surface area contributed by atoms with E-state index in [1.807, 2.05) is 0 Å². The lowest BCUT2D eigenvalue weighted by Crippen LogP contribution is -2.28. The van der Waals surface area contributed by atoms with Crippen molar-refractivity contribution < 1.29 is 4.74 Å². The second-order valence-electron chi connectivity index (χ2n) is 5.94. The van der Waals surface area contributed by atoms with Gasteiger partial charge in [0.05, 0.1) is 17.6 Å². The number of ether oxygens (including phenoxy) is 1. The third kappa shape index (κ3) is 3.22. The lowest BCUT2D eigenvalue weighted by atomic mass is 9.67.